The Morgan fingerprint density at radius 2 is 1.72 bits per heavy atom. The zero-order valence-corrected chi connectivity index (χ0v) is 29.9. The van der Waals surface area contributed by atoms with E-state index in [0.29, 0.717) is 60.9 Å². The lowest BCUT2D eigenvalue weighted by Crippen LogP contribution is -2.53. The zero-order chi connectivity index (χ0) is 37.8. The van der Waals surface area contributed by atoms with Crippen LogP contribution in [0.15, 0.2) is 59.8 Å². The fourth-order valence-corrected chi connectivity index (χ4v) is 6.80. The minimum atomic E-state index is -1.10. The standard InChI is InChI=1S/C38H40N6O9/c1-23-25(38(50)44(22-45)30-8-9-34(46)40-36(30)48)6-5-7-31(23)53-21-35(47)43-14-12-42(13-15-43)20-29-32(51-3)16-24(17-33(29)52-4)28-19-41(2)37(49)27-18-39-11-10-26(27)28/h5-7,10-11,16-19,22,30H,8-9,12-15,20-21H2,1-4H3,(H,40,46,48). The number of methoxy groups -OCH3 is 2. The molecule has 2 saturated heterocycles. The Morgan fingerprint density at radius 3 is 2.38 bits per heavy atom. The number of fused-ring (bicyclic) bond motifs is 1. The Morgan fingerprint density at radius 1 is 1.00 bits per heavy atom. The Kier molecular flexibility index (Phi) is 10.8. The van der Waals surface area contributed by atoms with Gasteiger partial charge in [-0.05, 0) is 54.6 Å². The lowest BCUT2D eigenvalue weighted by atomic mass is 9.99. The molecule has 0 saturated carbocycles. The van der Waals surface area contributed by atoms with Gasteiger partial charge in [0.25, 0.3) is 17.4 Å². The van der Waals surface area contributed by atoms with E-state index in [-0.39, 0.29) is 42.9 Å². The summed E-state index contributed by atoms with van der Waals surface area (Å²) in [6.45, 7) is 3.98. The first-order valence-electron chi connectivity index (χ1n) is 17.1. The molecule has 6 rings (SSSR count). The number of nitrogens with one attached hydrogen (secondary N) is 1. The number of hydrogen-bond acceptors (Lipinski definition) is 11. The van der Waals surface area contributed by atoms with E-state index in [9.17, 15) is 28.8 Å². The summed E-state index contributed by atoms with van der Waals surface area (Å²) in [5.74, 6) is -0.543. The number of piperidine rings is 1. The molecule has 0 aliphatic carbocycles. The lowest BCUT2D eigenvalue weighted by Gasteiger charge is -2.35. The minimum absolute atomic E-state index is 0.0117. The van der Waals surface area contributed by atoms with Gasteiger partial charge in [-0.2, -0.15) is 0 Å². The normalized spacial score (nSPS) is 16.2. The first-order valence-corrected chi connectivity index (χ1v) is 17.1. The highest BCUT2D eigenvalue weighted by atomic mass is 16.5. The number of rotatable bonds is 11. The van der Waals surface area contributed by atoms with Crippen molar-refractivity contribution in [2.75, 3.05) is 47.0 Å². The van der Waals surface area contributed by atoms with Gasteiger partial charge in [-0.1, -0.05) is 6.07 Å². The van der Waals surface area contributed by atoms with Crippen LogP contribution in [0.5, 0.6) is 17.2 Å². The predicted octanol–water partition coefficient (Wildman–Crippen LogP) is 2.05. The van der Waals surface area contributed by atoms with Crippen LogP contribution < -0.4 is 25.1 Å². The first kappa shape index (κ1) is 36.7. The molecule has 0 bridgehead atoms. The van der Waals surface area contributed by atoms with Crippen LogP contribution in [-0.4, -0.2) is 107 Å². The molecule has 1 unspecified atom stereocenters. The van der Waals surface area contributed by atoms with Crippen LogP contribution in [0.2, 0.25) is 0 Å². The van der Waals surface area contributed by atoms with Crippen molar-refractivity contribution in [1.82, 2.24) is 29.6 Å². The SMILES string of the molecule is COc1cc(-c2cn(C)c(=O)c3cnccc23)cc(OC)c1CN1CCN(C(=O)COc2cccc(C(=O)N(C=O)C3CCC(=O)NC3=O)c2C)CC1. The number of ether oxygens (including phenoxy) is 3. The summed E-state index contributed by atoms with van der Waals surface area (Å²) in [7, 11) is 4.91. The third-order valence-corrected chi connectivity index (χ3v) is 9.77. The zero-order valence-electron chi connectivity index (χ0n) is 29.9. The fourth-order valence-electron chi connectivity index (χ4n) is 6.80. The molecule has 15 nitrogen and oxygen atoms in total. The van der Waals surface area contributed by atoms with Crippen molar-refractivity contribution in [2.45, 2.75) is 32.4 Å². The molecule has 2 aromatic carbocycles. The smallest absolute Gasteiger partial charge is 0.261 e. The monoisotopic (exact) mass is 724 g/mol. The largest absolute Gasteiger partial charge is 0.496 e. The summed E-state index contributed by atoms with van der Waals surface area (Å²) in [6.07, 6.45) is 5.35. The van der Waals surface area contributed by atoms with Gasteiger partial charge < -0.3 is 23.7 Å². The number of imide groups is 2. The van der Waals surface area contributed by atoms with Crippen molar-refractivity contribution in [2.24, 2.45) is 7.05 Å². The number of pyridine rings is 2. The number of carbonyl (C=O) groups is 5. The fraction of sp³-hybridized carbons (Fsp3) is 0.342. The van der Waals surface area contributed by atoms with Crippen LogP contribution in [0, 0.1) is 6.92 Å². The van der Waals surface area contributed by atoms with Crippen LogP contribution in [0.1, 0.15) is 34.3 Å². The summed E-state index contributed by atoms with van der Waals surface area (Å²) < 4.78 is 19.1. The van der Waals surface area contributed by atoms with Gasteiger partial charge in [0, 0.05) is 81.5 Å². The maximum Gasteiger partial charge on any atom is 0.261 e. The lowest BCUT2D eigenvalue weighted by molar-refractivity contribution is -0.139. The quantitative estimate of drug-likeness (QED) is 0.178. The van der Waals surface area contributed by atoms with Crippen LogP contribution in [0.4, 0.5) is 0 Å². The van der Waals surface area contributed by atoms with Crippen molar-refractivity contribution in [3.05, 3.63) is 82.0 Å². The van der Waals surface area contributed by atoms with E-state index in [4.69, 9.17) is 14.2 Å². The topological polar surface area (TPSA) is 170 Å². The third-order valence-electron chi connectivity index (χ3n) is 9.77. The molecule has 2 aliphatic rings. The van der Waals surface area contributed by atoms with Crippen LogP contribution in [0.3, 0.4) is 0 Å². The Hall–Kier alpha value is -6.09. The maximum atomic E-state index is 13.3. The molecular weight excluding hydrogens is 684 g/mol. The number of piperazine rings is 1. The highest BCUT2D eigenvalue weighted by Crippen LogP contribution is 2.38. The first-order chi connectivity index (χ1) is 25.5. The van der Waals surface area contributed by atoms with Gasteiger partial charge in [0.15, 0.2) is 6.61 Å². The van der Waals surface area contributed by atoms with E-state index in [2.05, 4.69) is 15.2 Å². The summed E-state index contributed by atoms with van der Waals surface area (Å²) >= 11 is 0. The van der Waals surface area contributed by atoms with E-state index in [1.54, 1.807) is 63.8 Å². The summed E-state index contributed by atoms with van der Waals surface area (Å²) in [5, 5.41) is 3.45. The van der Waals surface area contributed by atoms with Crippen molar-refractivity contribution >= 4 is 40.8 Å². The van der Waals surface area contributed by atoms with Gasteiger partial charge >= 0.3 is 0 Å². The van der Waals surface area contributed by atoms with E-state index in [1.807, 2.05) is 18.2 Å². The second-order valence-electron chi connectivity index (χ2n) is 12.9. The number of benzene rings is 2. The van der Waals surface area contributed by atoms with Crippen LogP contribution in [0.25, 0.3) is 21.9 Å². The number of hydrogen-bond donors (Lipinski definition) is 1. The summed E-state index contributed by atoms with van der Waals surface area (Å²) in [6, 6.07) is 9.29. The molecule has 53 heavy (non-hydrogen) atoms. The Balaban J connectivity index is 1.09. The van der Waals surface area contributed by atoms with Crippen molar-refractivity contribution in [1.29, 1.82) is 0 Å². The second kappa shape index (κ2) is 15.7. The molecule has 4 aromatic rings. The van der Waals surface area contributed by atoms with Crippen molar-refractivity contribution < 1.29 is 38.2 Å². The van der Waals surface area contributed by atoms with Crippen molar-refractivity contribution in [3.8, 4) is 28.4 Å². The number of carbonyl (C=O) groups excluding carboxylic acids is 5. The average Bonchev–Trinajstić information content (AvgIpc) is 3.17. The molecule has 2 fully saturated rings. The molecule has 1 N–H and O–H groups in total. The molecular formula is C38H40N6O9. The predicted molar refractivity (Wildman–Crippen MR) is 192 cm³/mol. The van der Waals surface area contributed by atoms with Gasteiger partial charge in [0.05, 0.1) is 25.2 Å². The summed E-state index contributed by atoms with van der Waals surface area (Å²) in [5.41, 5.74) is 2.93. The van der Waals surface area contributed by atoms with Gasteiger partial charge in [-0.25, -0.2) is 0 Å². The van der Waals surface area contributed by atoms with E-state index in [1.165, 1.54) is 10.6 Å². The average molecular weight is 725 g/mol. The Labute approximate surface area is 305 Å². The second-order valence-corrected chi connectivity index (χ2v) is 12.9. The van der Waals surface area contributed by atoms with Crippen LogP contribution in [-0.2, 0) is 32.8 Å². The van der Waals surface area contributed by atoms with Gasteiger partial charge in [-0.3, -0.25) is 48.9 Å². The number of amides is 5. The highest BCUT2D eigenvalue weighted by molar-refractivity contribution is 6.07. The minimum Gasteiger partial charge on any atom is -0.496 e. The molecule has 0 spiro atoms. The van der Waals surface area contributed by atoms with E-state index >= 15 is 0 Å². The molecule has 276 valence electrons. The molecule has 4 heterocycles. The molecule has 2 aliphatic heterocycles. The molecule has 1 atom stereocenters. The number of nitrogens with zero attached hydrogens (tertiary/aromatic N) is 5. The van der Waals surface area contributed by atoms with Gasteiger partial charge in [0.1, 0.15) is 23.3 Å². The summed E-state index contributed by atoms with van der Waals surface area (Å²) in [4.78, 5) is 83.9. The van der Waals surface area contributed by atoms with Crippen molar-refractivity contribution in [3.63, 3.8) is 0 Å². The number of aryl methyl sites for hydroxylation is 1. The molecule has 15 heteroatoms. The van der Waals surface area contributed by atoms with Crippen LogP contribution >= 0.6 is 0 Å². The molecule has 0 radical (unpaired) electrons. The Bertz CT molecular complexity index is 2130. The molecule has 2 aromatic heterocycles. The molecule has 5 amide bonds. The van der Waals surface area contributed by atoms with Gasteiger partial charge in [0.2, 0.25) is 18.2 Å². The third kappa shape index (κ3) is 7.46. The van der Waals surface area contributed by atoms with E-state index in [0.717, 1.165) is 27.0 Å². The van der Waals surface area contributed by atoms with E-state index < -0.39 is 23.8 Å². The highest BCUT2D eigenvalue weighted by Gasteiger charge is 2.35. The number of aromatic nitrogens is 2. The maximum absolute atomic E-state index is 13.3. The van der Waals surface area contributed by atoms with Gasteiger partial charge in [-0.15, -0.1) is 0 Å².